The summed E-state index contributed by atoms with van der Waals surface area (Å²) in [6, 6.07) is 24.9. The normalized spacial score (nSPS) is 11.2. The van der Waals surface area contributed by atoms with Gasteiger partial charge in [-0.15, -0.1) is 22.7 Å². The first-order chi connectivity index (χ1) is 28.4. The van der Waals surface area contributed by atoms with Crippen LogP contribution in [-0.2, 0) is 46.2 Å². The molecule has 2 heterocycles. The van der Waals surface area contributed by atoms with Crippen molar-refractivity contribution < 1.29 is 43.3 Å². The molecular formula is C45H44Cl4O9S2. The second-order valence-electron chi connectivity index (χ2n) is 13.7. The highest BCUT2D eigenvalue weighted by atomic mass is 35.5. The third-order valence-corrected chi connectivity index (χ3v) is 11.0. The number of esters is 3. The predicted octanol–water partition coefficient (Wildman–Crippen LogP) is 12.7. The molecule has 0 fully saturated rings. The van der Waals surface area contributed by atoms with Gasteiger partial charge in [0, 0.05) is 30.4 Å². The maximum atomic E-state index is 11.9. The molecule has 1 N–H and O–H groups in total. The Labute approximate surface area is 377 Å². The van der Waals surface area contributed by atoms with E-state index in [1.54, 1.807) is 87.6 Å². The van der Waals surface area contributed by atoms with Crippen molar-refractivity contribution in [1.82, 2.24) is 0 Å². The zero-order chi connectivity index (χ0) is 44.5. The fraction of sp³-hybridized carbons (Fsp3) is 0.267. The Morgan fingerprint density at radius 3 is 1.52 bits per heavy atom. The van der Waals surface area contributed by atoms with Gasteiger partial charge in [-0.25, -0.2) is 4.79 Å². The van der Waals surface area contributed by atoms with Crippen LogP contribution in [0.3, 0.4) is 0 Å². The summed E-state index contributed by atoms with van der Waals surface area (Å²) in [5.74, 6) is -2.06. The number of rotatable bonds is 14. The highest BCUT2D eigenvalue weighted by molar-refractivity contribution is 7.17. The van der Waals surface area contributed by atoms with Gasteiger partial charge >= 0.3 is 23.9 Å². The second kappa shape index (κ2) is 24.7. The number of hydrogen-bond acceptors (Lipinski definition) is 10. The molecule has 15 heteroatoms. The SMILES string of the molecule is CC(C)OC(=O)C/C(C=O)=C(\Cl)c1ccc(Cl)cc1.CC(C)OC(=O)Cc1cc(C(=O)O)sc1-c1ccc(Cl)cc1.CC(C)OC(=O)Cc1ccsc1-c1ccc(Cl)cc1. The Morgan fingerprint density at radius 1 is 0.633 bits per heavy atom. The van der Waals surface area contributed by atoms with Crippen LogP contribution in [0.4, 0.5) is 0 Å². The van der Waals surface area contributed by atoms with Gasteiger partial charge in [-0.3, -0.25) is 19.2 Å². The van der Waals surface area contributed by atoms with E-state index in [-0.39, 0.29) is 58.6 Å². The summed E-state index contributed by atoms with van der Waals surface area (Å²) < 4.78 is 15.3. The molecule has 0 aliphatic rings. The highest BCUT2D eigenvalue weighted by Crippen LogP contribution is 2.35. The number of halogens is 4. The topological polar surface area (TPSA) is 133 Å². The average molecular weight is 935 g/mol. The maximum absolute atomic E-state index is 11.9. The first-order valence-corrected chi connectivity index (χ1v) is 21.7. The van der Waals surface area contributed by atoms with Crippen LogP contribution in [0.25, 0.3) is 25.9 Å². The van der Waals surface area contributed by atoms with Crippen LogP contribution in [0, 0.1) is 0 Å². The monoisotopic (exact) mass is 932 g/mol. The van der Waals surface area contributed by atoms with Crippen LogP contribution < -0.4 is 0 Å². The molecule has 5 aromatic rings. The van der Waals surface area contributed by atoms with E-state index in [1.165, 1.54) is 6.07 Å². The number of aromatic carboxylic acids is 1. The molecule has 0 saturated heterocycles. The molecule has 0 aliphatic heterocycles. The van der Waals surface area contributed by atoms with Crippen LogP contribution in [0.5, 0.6) is 0 Å². The number of ether oxygens (including phenoxy) is 3. The van der Waals surface area contributed by atoms with Gasteiger partial charge < -0.3 is 19.3 Å². The Balaban J connectivity index is 0.000000241. The average Bonchev–Trinajstić information content (AvgIpc) is 3.81. The zero-order valence-corrected chi connectivity index (χ0v) is 38.3. The van der Waals surface area contributed by atoms with Crippen LogP contribution in [0.15, 0.2) is 95.9 Å². The molecule has 5 rings (SSSR count). The van der Waals surface area contributed by atoms with Crippen LogP contribution in [0.2, 0.25) is 15.1 Å². The van der Waals surface area contributed by atoms with Gasteiger partial charge in [0.15, 0.2) is 0 Å². The molecule has 0 bridgehead atoms. The summed E-state index contributed by atoms with van der Waals surface area (Å²) in [5, 5.41) is 13.3. The van der Waals surface area contributed by atoms with E-state index in [9.17, 15) is 24.0 Å². The first-order valence-electron chi connectivity index (χ1n) is 18.5. The van der Waals surface area contributed by atoms with E-state index in [0.29, 0.717) is 38.9 Å². The van der Waals surface area contributed by atoms with Crippen LogP contribution in [0.1, 0.15) is 74.3 Å². The Kier molecular flexibility index (Phi) is 20.5. The van der Waals surface area contributed by atoms with Crippen molar-refractivity contribution in [3.8, 4) is 20.9 Å². The van der Waals surface area contributed by atoms with E-state index >= 15 is 0 Å². The van der Waals surface area contributed by atoms with Gasteiger partial charge in [-0.2, -0.15) is 0 Å². The van der Waals surface area contributed by atoms with Crippen molar-refractivity contribution in [2.24, 2.45) is 0 Å². The number of carbonyl (C=O) groups is 5. The largest absolute Gasteiger partial charge is 0.477 e. The minimum Gasteiger partial charge on any atom is -0.477 e. The molecule has 0 spiro atoms. The molecule has 0 atom stereocenters. The molecule has 0 aliphatic carbocycles. The Morgan fingerprint density at radius 2 is 1.07 bits per heavy atom. The Hall–Kier alpha value is -4.49. The quantitative estimate of drug-likeness (QED) is 0.0500. The van der Waals surface area contributed by atoms with Crippen molar-refractivity contribution in [2.75, 3.05) is 0 Å². The van der Waals surface area contributed by atoms with Crippen LogP contribution in [-0.4, -0.2) is 53.6 Å². The van der Waals surface area contributed by atoms with E-state index in [2.05, 4.69) is 0 Å². The summed E-state index contributed by atoms with van der Waals surface area (Å²) in [6.07, 6.45) is 0.255. The molecule has 0 saturated carbocycles. The summed E-state index contributed by atoms with van der Waals surface area (Å²) in [4.78, 5) is 59.3. The standard InChI is InChI=1S/C16H15ClO4S.C15H15ClO2S.C14H14Cl2O3/c1-9(2)21-14(18)8-11-7-13(16(19)20)22-15(11)10-3-5-12(17)6-4-10;1-10(2)18-14(17)9-12-7-8-19-15(12)11-3-5-13(16)6-4-11;1-9(2)19-13(18)7-11(8-17)14(16)10-3-5-12(15)6-4-10/h3-7,9H,8H2,1-2H3,(H,19,20);3-8,10H,9H2,1-2H3;3-6,8-9H,7H2,1-2H3/b;;14-11+. The number of carbonyl (C=O) groups excluding carboxylic acids is 4. The maximum Gasteiger partial charge on any atom is 0.345 e. The van der Waals surface area contributed by atoms with E-state index < -0.39 is 11.9 Å². The predicted molar refractivity (Wildman–Crippen MR) is 242 cm³/mol. The van der Waals surface area contributed by atoms with E-state index in [4.69, 9.17) is 65.7 Å². The van der Waals surface area contributed by atoms with Crippen molar-refractivity contribution >= 4 is 104 Å². The fourth-order valence-electron chi connectivity index (χ4n) is 5.17. The Bertz CT molecular complexity index is 2240. The summed E-state index contributed by atoms with van der Waals surface area (Å²) >= 11 is 26.4. The molecule has 3 aromatic carbocycles. The van der Waals surface area contributed by atoms with Crippen molar-refractivity contribution in [3.63, 3.8) is 0 Å². The van der Waals surface area contributed by atoms with Crippen LogP contribution >= 0.6 is 69.1 Å². The van der Waals surface area contributed by atoms with Gasteiger partial charge in [0.2, 0.25) is 0 Å². The third kappa shape index (κ3) is 16.9. The lowest BCUT2D eigenvalue weighted by Gasteiger charge is -2.09. The van der Waals surface area contributed by atoms with Crippen molar-refractivity contribution in [1.29, 1.82) is 0 Å². The van der Waals surface area contributed by atoms with E-state index in [1.807, 2.05) is 49.6 Å². The zero-order valence-electron chi connectivity index (χ0n) is 33.6. The van der Waals surface area contributed by atoms with Gasteiger partial charge in [0.05, 0.1) is 42.6 Å². The minimum absolute atomic E-state index is 0.0416. The molecule has 0 radical (unpaired) electrons. The van der Waals surface area contributed by atoms with Gasteiger partial charge in [0.1, 0.15) is 11.2 Å². The smallest absolute Gasteiger partial charge is 0.345 e. The highest BCUT2D eigenvalue weighted by Gasteiger charge is 2.19. The van der Waals surface area contributed by atoms with Gasteiger partial charge in [-0.1, -0.05) is 82.8 Å². The third-order valence-electron chi connectivity index (χ3n) is 7.61. The molecule has 318 valence electrons. The van der Waals surface area contributed by atoms with Crippen molar-refractivity contribution in [2.45, 2.75) is 79.1 Å². The van der Waals surface area contributed by atoms with Gasteiger partial charge in [0.25, 0.3) is 0 Å². The lowest BCUT2D eigenvalue weighted by molar-refractivity contribution is -0.147. The molecule has 0 unspecified atom stereocenters. The molecule has 0 amide bonds. The second-order valence-corrected chi connectivity index (χ2v) is 17.3. The number of hydrogen-bond donors (Lipinski definition) is 1. The summed E-state index contributed by atoms with van der Waals surface area (Å²) in [5.41, 5.74) is 4.37. The van der Waals surface area contributed by atoms with E-state index in [0.717, 1.165) is 37.8 Å². The minimum atomic E-state index is -1.01. The summed E-state index contributed by atoms with van der Waals surface area (Å²) in [7, 11) is 0. The number of thiophene rings is 2. The number of aldehydes is 1. The fourth-order valence-corrected chi connectivity index (χ4v) is 7.75. The lowest BCUT2D eigenvalue weighted by Crippen LogP contribution is -2.13. The summed E-state index contributed by atoms with van der Waals surface area (Å²) in [6.45, 7) is 10.7. The number of carboxylic acids is 1. The molecular weight excluding hydrogens is 890 g/mol. The molecule has 2 aromatic heterocycles. The van der Waals surface area contributed by atoms with Gasteiger partial charge in [-0.05, 0) is 123 Å². The molecule has 9 nitrogen and oxygen atoms in total. The number of benzene rings is 3. The lowest BCUT2D eigenvalue weighted by atomic mass is 10.1. The number of carboxylic acid groups (broad SMARTS) is 1. The van der Waals surface area contributed by atoms with Crippen molar-refractivity contribution in [3.05, 3.63) is 133 Å². The first kappa shape index (κ1) is 49.9. The molecule has 60 heavy (non-hydrogen) atoms.